The van der Waals surface area contributed by atoms with Crippen LogP contribution in [-0.4, -0.2) is 40.4 Å². The highest BCUT2D eigenvalue weighted by Crippen LogP contribution is 2.29. The molecule has 1 amide bonds. The average Bonchev–Trinajstić information content (AvgIpc) is 2.80. The topological polar surface area (TPSA) is 49.8 Å². The van der Waals surface area contributed by atoms with Gasteiger partial charge in [-0.15, -0.1) is 0 Å². The number of benzene rings is 1. The van der Waals surface area contributed by atoms with Crippen LogP contribution in [0.4, 0.5) is 4.79 Å². The van der Waals surface area contributed by atoms with Crippen LogP contribution in [0, 0.1) is 0 Å². The van der Waals surface area contributed by atoms with E-state index in [1.54, 1.807) is 4.90 Å². The van der Waals surface area contributed by atoms with Crippen molar-refractivity contribution in [2.24, 2.45) is 0 Å². The van der Waals surface area contributed by atoms with Crippen molar-refractivity contribution < 1.29 is 14.6 Å². The first-order chi connectivity index (χ1) is 10.2. The minimum absolute atomic E-state index is 0.342. The summed E-state index contributed by atoms with van der Waals surface area (Å²) >= 11 is 0. The molecule has 2 aliphatic rings. The van der Waals surface area contributed by atoms with E-state index < -0.39 is 11.2 Å². The molecule has 3 rings (SSSR count). The molecule has 0 unspecified atom stereocenters. The van der Waals surface area contributed by atoms with Crippen molar-refractivity contribution >= 4 is 6.09 Å². The zero-order valence-corrected chi connectivity index (χ0v) is 13.7. The van der Waals surface area contributed by atoms with Gasteiger partial charge in [-0.05, 0) is 56.7 Å². The zero-order chi connectivity index (χ0) is 16.0. The number of carbonyl (C=O) groups excluding carboxylic acids is 1. The molecule has 4 heteroatoms. The summed E-state index contributed by atoms with van der Waals surface area (Å²) in [5, 5.41) is 10.6. The molecule has 4 nitrogen and oxygen atoms in total. The second-order valence-corrected chi connectivity index (χ2v) is 7.69. The maximum Gasteiger partial charge on any atom is 0.410 e. The van der Waals surface area contributed by atoms with Crippen LogP contribution in [0.2, 0.25) is 0 Å². The predicted molar refractivity (Wildman–Crippen MR) is 84.9 cm³/mol. The summed E-state index contributed by atoms with van der Waals surface area (Å²) in [6, 6.07) is 6.51. The number of carbonyl (C=O) groups is 1. The van der Waals surface area contributed by atoms with Crippen LogP contribution in [0.1, 0.15) is 43.9 Å². The van der Waals surface area contributed by atoms with E-state index in [2.05, 4.69) is 18.2 Å². The summed E-state index contributed by atoms with van der Waals surface area (Å²) < 4.78 is 5.32. The fraction of sp³-hybridized carbons (Fsp3) is 0.611. The number of β-amino-alcohol motifs (C(OH)–C–C–N with tert-alkyl or cyclic N) is 1. The Morgan fingerprint density at radius 3 is 2.64 bits per heavy atom. The van der Waals surface area contributed by atoms with E-state index in [1.165, 1.54) is 24.0 Å². The second-order valence-electron chi connectivity index (χ2n) is 7.69. The van der Waals surface area contributed by atoms with E-state index in [1.807, 2.05) is 20.8 Å². The van der Waals surface area contributed by atoms with E-state index in [9.17, 15) is 9.90 Å². The SMILES string of the molecule is CC(C)(C)OC(=O)N1CC(O)(Cc2ccc3c(c2)CCC3)C1. The zero-order valence-electron chi connectivity index (χ0n) is 13.7. The Kier molecular flexibility index (Phi) is 3.68. The van der Waals surface area contributed by atoms with Crippen molar-refractivity contribution in [1.29, 1.82) is 0 Å². The number of ether oxygens (including phenoxy) is 1. The summed E-state index contributed by atoms with van der Waals surface area (Å²) in [5.74, 6) is 0. The molecule has 1 aliphatic heterocycles. The first kappa shape index (κ1) is 15.3. The van der Waals surface area contributed by atoms with Gasteiger partial charge in [0.25, 0.3) is 0 Å². The molecule has 0 aromatic heterocycles. The van der Waals surface area contributed by atoms with Gasteiger partial charge >= 0.3 is 6.09 Å². The number of aliphatic hydroxyl groups is 1. The van der Waals surface area contributed by atoms with E-state index in [-0.39, 0.29) is 6.09 Å². The molecule has 1 aromatic carbocycles. The van der Waals surface area contributed by atoms with Gasteiger partial charge in [0.2, 0.25) is 0 Å². The number of hydrogen-bond donors (Lipinski definition) is 1. The molecule has 0 atom stereocenters. The van der Waals surface area contributed by atoms with Crippen molar-refractivity contribution in [2.45, 2.75) is 57.7 Å². The molecule has 1 aromatic rings. The molecule has 0 spiro atoms. The van der Waals surface area contributed by atoms with Crippen molar-refractivity contribution in [3.63, 3.8) is 0 Å². The van der Waals surface area contributed by atoms with Crippen LogP contribution < -0.4 is 0 Å². The Bertz CT molecular complexity index is 582. The molecule has 1 N–H and O–H groups in total. The van der Waals surface area contributed by atoms with Gasteiger partial charge in [-0.25, -0.2) is 4.79 Å². The normalized spacial score (nSPS) is 19.5. The quantitative estimate of drug-likeness (QED) is 0.914. The van der Waals surface area contributed by atoms with Crippen LogP contribution >= 0.6 is 0 Å². The number of nitrogens with zero attached hydrogens (tertiary/aromatic N) is 1. The fourth-order valence-electron chi connectivity index (χ4n) is 3.35. The van der Waals surface area contributed by atoms with Gasteiger partial charge in [0.05, 0.1) is 13.1 Å². The molecular formula is C18H25NO3. The Labute approximate surface area is 132 Å². The number of likely N-dealkylation sites (tertiary alicyclic amines) is 1. The Morgan fingerprint density at radius 2 is 1.95 bits per heavy atom. The molecule has 1 heterocycles. The van der Waals surface area contributed by atoms with Gasteiger partial charge in [0.1, 0.15) is 11.2 Å². The van der Waals surface area contributed by atoms with E-state index in [0.717, 1.165) is 12.0 Å². The van der Waals surface area contributed by atoms with Crippen LogP contribution in [-0.2, 0) is 24.0 Å². The maximum atomic E-state index is 11.9. The summed E-state index contributed by atoms with van der Waals surface area (Å²) in [5.41, 5.74) is 2.71. The Hall–Kier alpha value is -1.55. The second kappa shape index (κ2) is 5.27. The Morgan fingerprint density at radius 1 is 1.27 bits per heavy atom. The lowest BCUT2D eigenvalue weighted by Crippen LogP contribution is -2.65. The highest BCUT2D eigenvalue weighted by atomic mass is 16.6. The van der Waals surface area contributed by atoms with Gasteiger partial charge in [-0.2, -0.15) is 0 Å². The average molecular weight is 303 g/mol. The number of fused-ring (bicyclic) bond motifs is 1. The maximum absolute atomic E-state index is 11.9. The molecule has 1 fully saturated rings. The Balaban J connectivity index is 1.57. The van der Waals surface area contributed by atoms with Gasteiger partial charge in [0.15, 0.2) is 0 Å². The summed E-state index contributed by atoms with van der Waals surface area (Å²) in [4.78, 5) is 13.5. The summed E-state index contributed by atoms with van der Waals surface area (Å²) in [7, 11) is 0. The number of rotatable bonds is 2. The third-order valence-corrected chi connectivity index (χ3v) is 4.32. The van der Waals surface area contributed by atoms with Gasteiger partial charge in [0, 0.05) is 6.42 Å². The van der Waals surface area contributed by atoms with Gasteiger partial charge in [-0.1, -0.05) is 18.2 Å². The smallest absolute Gasteiger partial charge is 0.410 e. The predicted octanol–water partition coefficient (Wildman–Crippen LogP) is 2.70. The molecule has 1 saturated heterocycles. The van der Waals surface area contributed by atoms with Gasteiger partial charge < -0.3 is 14.7 Å². The van der Waals surface area contributed by atoms with Gasteiger partial charge in [-0.3, -0.25) is 0 Å². The lowest BCUT2D eigenvalue weighted by molar-refractivity contribution is -0.0973. The summed E-state index contributed by atoms with van der Waals surface area (Å²) in [6.07, 6.45) is 3.80. The largest absolute Gasteiger partial charge is 0.444 e. The van der Waals surface area contributed by atoms with Crippen molar-refractivity contribution in [3.05, 3.63) is 34.9 Å². The minimum atomic E-state index is -0.816. The van der Waals surface area contributed by atoms with Crippen LogP contribution in [0.5, 0.6) is 0 Å². The molecule has 22 heavy (non-hydrogen) atoms. The van der Waals surface area contributed by atoms with Crippen LogP contribution in [0.15, 0.2) is 18.2 Å². The first-order valence-corrected chi connectivity index (χ1v) is 8.05. The molecule has 1 aliphatic carbocycles. The molecule has 120 valence electrons. The number of hydrogen-bond acceptors (Lipinski definition) is 3. The first-order valence-electron chi connectivity index (χ1n) is 8.05. The third kappa shape index (κ3) is 3.27. The minimum Gasteiger partial charge on any atom is -0.444 e. The highest BCUT2D eigenvalue weighted by molar-refractivity contribution is 5.69. The number of amides is 1. The number of aryl methyl sites for hydroxylation is 2. The highest BCUT2D eigenvalue weighted by Gasteiger charge is 2.45. The molecule has 0 bridgehead atoms. The lowest BCUT2D eigenvalue weighted by atomic mass is 9.86. The summed E-state index contributed by atoms with van der Waals surface area (Å²) in [6.45, 7) is 6.24. The molecule has 0 saturated carbocycles. The third-order valence-electron chi connectivity index (χ3n) is 4.32. The monoisotopic (exact) mass is 303 g/mol. The van der Waals surface area contributed by atoms with Crippen molar-refractivity contribution in [2.75, 3.05) is 13.1 Å². The van der Waals surface area contributed by atoms with Crippen LogP contribution in [0.25, 0.3) is 0 Å². The van der Waals surface area contributed by atoms with E-state index in [4.69, 9.17) is 4.74 Å². The molecule has 0 radical (unpaired) electrons. The fourth-order valence-corrected chi connectivity index (χ4v) is 3.35. The standard InChI is InChI=1S/C18H25NO3/c1-17(2,3)22-16(20)19-11-18(21,12-19)10-13-7-8-14-5-4-6-15(14)9-13/h7-9,21H,4-6,10-12H2,1-3H3. The van der Waals surface area contributed by atoms with E-state index in [0.29, 0.717) is 19.5 Å². The van der Waals surface area contributed by atoms with Crippen molar-refractivity contribution in [1.82, 2.24) is 4.90 Å². The lowest BCUT2D eigenvalue weighted by Gasteiger charge is -2.46. The molecular weight excluding hydrogens is 278 g/mol. The van der Waals surface area contributed by atoms with E-state index >= 15 is 0 Å². The van der Waals surface area contributed by atoms with Crippen LogP contribution in [0.3, 0.4) is 0 Å². The van der Waals surface area contributed by atoms with Crippen molar-refractivity contribution in [3.8, 4) is 0 Å².